The maximum Gasteiger partial charge on any atom is 0.303 e. The lowest BCUT2D eigenvalue weighted by Crippen LogP contribution is -2.29. The Hall–Kier alpha value is -1.10. The van der Waals surface area contributed by atoms with Gasteiger partial charge in [-0.1, -0.05) is 0 Å². The summed E-state index contributed by atoms with van der Waals surface area (Å²) in [5, 5.41) is 11.1. The standard InChI is InChI=1S/C9H17NO4/c1-8(12)14-7-9(13)10-5-3-2-4-6-11/h11H,2-7H2,1H3,(H,10,13). The summed E-state index contributed by atoms with van der Waals surface area (Å²) in [6.07, 6.45) is 2.45. The minimum atomic E-state index is -0.458. The van der Waals surface area contributed by atoms with Crippen LogP contribution in [0.15, 0.2) is 0 Å². The van der Waals surface area contributed by atoms with Gasteiger partial charge in [-0.15, -0.1) is 0 Å². The third-order valence-corrected chi connectivity index (χ3v) is 1.56. The van der Waals surface area contributed by atoms with Crippen molar-refractivity contribution in [2.24, 2.45) is 0 Å². The van der Waals surface area contributed by atoms with E-state index in [4.69, 9.17) is 5.11 Å². The van der Waals surface area contributed by atoms with E-state index in [-0.39, 0.29) is 19.1 Å². The fraction of sp³-hybridized carbons (Fsp3) is 0.778. The van der Waals surface area contributed by atoms with Crippen molar-refractivity contribution in [2.45, 2.75) is 26.2 Å². The molecule has 0 fully saturated rings. The topological polar surface area (TPSA) is 75.6 Å². The average molecular weight is 203 g/mol. The molecule has 2 N–H and O–H groups in total. The van der Waals surface area contributed by atoms with Crippen molar-refractivity contribution in [2.75, 3.05) is 19.8 Å². The summed E-state index contributed by atoms with van der Waals surface area (Å²) in [7, 11) is 0. The Morgan fingerprint density at radius 1 is 1.29 bits per heavy atom. The van der Waals surface area contributed by atoms with Gasteiger partial charge in [0.05, 0.1) is 0 Å². The number of hydrogen-bond donors (Lipinski definition) is 2. The van der Waals surface area contributed by atoms with E-state index in [9.17, 15) is 9.59 Å². The molecule has 0 aromatic rings. The van der Waals surface area contributed by atoms with Crippen LogP contribution in [0.2, 0.25) is 0 Å². The monoisotopic (exact) mass is 203 g/mol. The zero-order valence-electron chi connectivity index (χ0n) is 8.41. The molecule has 0 aromatic heterocycles. The van der Waals surface area contributed by atoms with Crippen LogP contribution in [0.25, 0.3) is 0 Å². The highest BCUT2D eigenvalue weighted by Crippen LogP contribution is 1.91. The molecular weight excluding hydrogens is 186 g/mol. The van der Waals surface area contributed by atoms with Gasteiger partial charge in [-0.25, -0.2) is 0 Å². The molecule has 5 heteroatoms. The molecule has 82 valence electrons. The van der Waals surface area contributed by atoms with Gasteiger partial charge in [0.2, 0.25) is 0 Å². The van der Waals surface area contributed by atoms with Crippen LogP contribution >= 0.6 is 0 Å². The molecule has 0 aliphatic heterocycles. The third kappa shape index (κ3) is 8.99. The number of hydrogen-bond acceptors (Lipinski definition) is 4. The minimum Gasteiger partial charge on any atom is -0.456 e. The van der Waals surface area contributed by atoms with Gasteiger partial charge in [0.1, 0.15) is 0 Å². The first-order valence-electron chi connectivity index (χ1n) is 4.67. The number of carbonyl (C=O) groups excluding carboxylic acids is 2. The summed E-state index contributed by atoms with van der Waals surface area (Å²) in [4.78, 5) is 21.3. The van der Waals surface area contributed by atoms with Crippen molar-refractivity contribution in [3.05, 3.63) is 0 Å². The van der Waals surface area contributed by atoms with Crippen LogP contribution in [-0.2, 0) is 14.3 Å². The number of amides is 1. The Kier molecular flexibility index (Phi) is 7.83. The zero-order chi connectivity index (χ0) is 10.8. The number of unbranched alkanes of at least 4 members (excludes halogenated alkanes) is 2. The van der Waals surface area contributed by atoms with E-state index < -0.39 is 5.97 Å². The summed E-state index contributed by atoms with van der Waals surface area (Å²) >= 11 is 0. The second-order valence-electron chi connectivity index (χ2n) is 2.91. The van der Waals surface area contributed by atoms with Crippen molar-refractivity contribution in [1.29, 1.82) is 0 Å². The lowest BCUT2D eigenvalue weighted by molar-refractivity contribution is -0.146. The molecule has 0 spiro atoms. The predicted molar refractivity (Wildman–Crippen MR) is 50.6 cm³/mol. The highest BCUT2D eigenvalue weighted by Gasteiger charge is 2.01. The summed E-state index contributed by atoms with van der Waals surface area (Å²) in [5.74, 6) is -0.746. The summed E-state index contributed by atoms with van der Waals surface area (Å²) in [6.45, 7) is 1.78. The SMILES string of the molecule is CC(=O)OCC(=O)NCCCCCO. The van der Waals surface area contributed by atoms with Gasteiger partial charge in [0.25, 0.3) is 5.91 Å². The quantitative estimate of drug-likeness (QED) is 0.445. The highest BCUT2D eigenvalue weighted by atomic mass is 16.5. The van der Waals surface area contributed by atoms with Crippen LogP contribution in [0.1, 0.15) is 26.2 Å². The zero-order valence-corrected chi connectivity index (χ0v) is 8.41. The smallest absolute Gasteiger partial charge is 0.303 e. The summed E-state index contributed by atoms with van der Waals surface area (Å²) in [5.41, 5.74) is 0. The number of esters is 1. The van der Waals surface area contributed by atoms with E-state index in [1.807, 2.05) is 0 Å². The number of aliphatic hydroxyl groups is 1. The molecule has 0 heterocycles. The molecule has 0 radical (unpaired) electrons. The van der Waals surface area contributed by atoms with Crippen LogP contribution in [0.4, 0.5) is 0 Å². The Balaban J connectivity index is 3.22. The van der Waals surface area contributed by atoms with E-state index in [1.165, 1.54) is 6.92 Å². The van der Waals surface area contributed by atoms with Crippen molar-refractivity contribution >= 4 is 11.9 Å². The third-order valence-electron chi connectivity index (χ3n) is 1.56. The Morgan fingerprint density at radius 2 is 2.00 bits per heavy atom. The second-order valence-corrected chi connectivity index (χ2v) is 2.91. The molecule has 0 aliphatic carbocycles. The average Bonchev–Trinajstić information content (AvgIpc) is 2.14. The first kappa shape index (κ1) is 12.9. The molecule has 0 unspecified atom stereocenters. The van der Waals surface area contributed by atoms with Gasteiger partial charge >= 0.3 is 5.97 Å². The molecule has 0 saturated heterocycles. The second kappa shape index (κ2) is 8.50. The van der Waals surface area contributed by atoms with E-state index in [2.05, 4.69) is 10.1 Å². The van der Waals surface area contributed by atoms with Crippen LogP contribution in [0.5, 0.6) is 0 Å². The molecule has 0 aliphatic rings. The molecule has 0 saturated carbocycles. The molecule has 0 rings (SSSR count). The lowest BCUT2D eigenvalue weighted by Gasteiger charge is -2.04. The molecule has 0 bridgehead atoms. The van der Waals surface area contributed by atoms with Gasteiger partial charge in [0, 0.05) is 20.1 Å². The number of ether oxygens (including phenoxy) is 1. The van der Waals surface area contributed by atoms with Gasteiger partial charge in [-0.2, -0.15) is 0 Å². The van der Waals surface area contributed by atoms with Crippen molar-refractivity contribution in [3.8, 4) is 0 Å². The summed E-state index contributed by atoms with van der Waals surface area (Å²) < 4.78 is 4.49. The van der Waals surface area contributed by atoms with Gasteiger partial charge < -0.3 is 15.2 Å². The molecule has 5 nitrogen and oxygen atoms in total. The number of aliphatic hydroxyl groups excluding tert-OH is 1. The summed E-state index contributed by atoms with van der Waals surface area (Å²) in [6, 6.07) is 0. The Morgan fingerprint density at radius 3 is 2.57 bits per heavy atom. The van der Waals surface area contributed by atoms with Crippen molar-refractivity contribution in [3.63, 3.8) is 0 Å². The highest BCUT2D eigenvalue weighted by molar-refractivity contribution is 5.79. The van der Waals surface area contributed by atoms with Crippen molar-refractivity contribution in [1.82, 2.24) is 5.32 Å². The van der Waals surface area contributed by atoms with E-state index in [0.717, 1.165) is 19.3 Å². The number of carbonyl (C=O) groups is 2. The van der Waals surface area contributed by atoms with Gasteiger partial charge in [-0.05, 0) is 19.3 Å². The van der Waals surface area contributed by atoms with Gasteiger partial charge in [-0.3, -0.25) is 9.59 Å². The number of nitrogens with one attached hydrogen (secondary N) is 1. The Labute approximate surface area is 83.4 Å². The fourth-order valence-corrected chi connectivity index (χ4v) is 0.860. The first-order chi connectivity index (χ1) is 6.66. The lowest BCUT2D eigenvalue weighted by atomic mass is 10.2. The van der Waals surface area contributed by atoms with E-state index in [0.29, 0.717) is 6.54 Å². The Bertz CT molecular complexity index is 182. The van der Waals surface area contributed by atoms with E-state index in [1.54, 1.807) is 0 Å². The minimum absolute atomic E-state index is 0.182. The van der Waals surface area contributed by atoms with Crippen molar-refractivity contribution < 1.29 is 19.4 Å². The molecule has 14 heavy (non-hydrogen) atoms. The maximum absolute atomic E-state index is 10.9. The predicted octanol–water partition coefficient (Wildman–Crippen LogP) is -0.172. The van der Waals surface area contributed by atoms with E-state index >= 15 is 0 Å². The normalized spacial score (nSPS) is 9.57. The van der Waals surface area contributed by atoms with Crippen LogP contribution in [-0.4, -0.2) is 36.7 Å². The first-order valence-corrected chi connectivity index (χ1v) is 4.67. The van der Waals surface area contributed by atoms with Crippen LogP contribution in [0, 0.1) is 0 Å². The molecular formula is C9H17NO4. The maximum atomic E-state index is 10.9. The van der Waals surface area contributed by atoms with Gasteiger partial charge in [0.15, 0.2) is 6.61 Å². The van der Waals surface area contributed by atoms with Crippen LogP contribution < -0.4 is 5.32 Å². The molecule has 0 atom stereocenters. The number of rotatable bonds is 7. The largest absolute Gasteiger partial charge is 0.456 e. The fourth-order valence-electron chi connectivity index (χ4n) is 0.860. The van der Waals surface area contributed by atoms with Crippen LogP contribution in [0.3, 0.4) is 0 Å². The molecule has 0 aromatic carbocycles. The molecule has 1 amide bonds.